The van der Waals surface area contributed by atoms with Crippen molar-refractivity contribution >= 4 is 20.0 Å². The second kappa shape index (κ2) is 11.4. The zero-order valence-electron chi connectivity index (χ0n) is 21.0. The summed E-state index contributed by atoms with van der Waals surface area (Å²) in [6.45, 7) is 4.18. The molecule has 194 valence electrons. The maximum absolute atomic E-state index is 13.8. The Hall–Kier alpha value is -1.94. The van der Waals surface area contributed by atoms with Gasteiger partial charge in [0.25, 0.3) is 10.1 Å². The highest BCUT2D eigenvalue weighted by Crippen LogP contribution is 2.41. The lowest BCUT2D eigenvalue weighted by molar-refractivity contribution is 0.294. The van der Waals surface area contributed by atoms with Crippen molar-refractivity contribution in [1.29, 1.82) is 0 Å². The van der Waals surface area contributed by atoms with E-state index < -0.39 is 25.5 Å². The minimum Gasteiger partial charge on any atom is -0.496 e. The third-order valence-electron chi connectivity index (χ3n) is 6.68. The van der Waals surface area contributed by atoms with Crippen LogP contribution in [0.25, 0.3) is 0 Å². The van der Waals surface area contributed by atoms with Gasteiger partial charge in [-0.25, -0.2) is 8.42 Å². The number of fused-ring (bicyclic) bond motifs is 1. The Balaban J connectivity index is 2.11. The minimum atomic E-state index is -3.62. The number of hydrogen-bond acceptors (Lipinski definition) is 7. The molecular weight excluding hydrogens is 486 g/mol. The fraction of sp³-hybridized carbons (Fsp3) is 0.538. The molecule has 35 heavy (non-hydrogen) atoms. The van der Waals surface area contributed by atoms with Crippen molar-refractivity contribution in [2.45, 2.75) is 68.8 Å². The normalized spacial score (nSPS) is 21.8. The summed E-state index contributed by atoms with van der Waals surface area (Å²) in [7, 11) is -5.58. The molecule has 2 atom stereocenters. The van der Waals surface area contributed by atoms with Crippen molar-refractivity contribution in [1.82, 2.24) is 5.32 Å². The van der Waals surface area contributed by atoms with Gasteiger partial charge in [0.2, 0.25) is 0 Å². The van der Waals surface area contributed by atoms with E-state index in [4.69, 9.17) is 8.92 Å². The van der Waals surface area contributed by atoms with Gasteiger partial charge in [0, 0.05) is 5.54 Å². The molecule has 0 spiro atoms. The molecule has 2 aromatic carbocycles. The van der Waals surface area contributed by atoms with Crippen molar-refractivity contribution < 1.29 is 25.8 Å². The van der Waals surface area contributed by atoms with Gasteiger partial charge in [0.15, 0.2) is 9.84 Å². The highest BCUT2D eigenvalue weighted by Gasteiger charge is 2.42. The van der Waals surface area contributed by atoms with Gasteiger partial charge >= 0.3 is 0 Å². The van der Waals surface area contributed by atoms with Crippen LogP contribution in [0.4, 0.5) is 0 Å². The van der Waals surface area contributed by atoms with Gasteiger partial charge in [-0.3, -0.25) is 9.50 Å². The zero-order chi connectivity index (χ0) is 25.7. The average molecular weight is 524 g/mol. The van der Waals surface area contributed by atoms with Crippen molar-refractivity contribution in [3.8, 4) is 5.75 Å². The molecule has 0 unspecified atom stereocenters. The fourth-order valence-corrected chi connectivity index (χ4v) is 7.38. The molecule has 1 aliphatic heterocycles. The molecule has 7 nitrogen and oxygen atoms in total. The summed E-state index contributed by atoms with van der Waals surface area (Å²) < 4.78 is 60.8. The van der Waals surface area contributed by atoms with Crippen LogP contribution < -0.4 is 10.1 Å². The second-order valence-electron chi connectivity index (χ2n) is 9.32. The first-order valence-electron chi connectivity index (χ1n) is 12.1. The van der Waals surface area contributed by atoms with Gasteiger partial charge in [0.1, 0.15) is 5.75 Å². The predicted molar refractivity (Wildman–Crippen MR) is 138 cm³/mol. The number of nitrogens with one attached hydrogen (secondary N) is 1. The van der Waals surface area contributed by atoms with E-state index in [0.29, 0.717) is 35.5 Å². The van der Waals surface area contributed by atoms with E-state index in [1.807, 2.05) is 43.3 Å². The summed E-state index contributed by atoms with van der Waals surface area (Å²) in [6, 6.07) is 13.1. The van der Waals surface area contributed by atoms with Crippen molar-refractivity contribution in [3.63, 3.8) is 0 Å². The minimum absolute atomic E-state index is 0.0236. The highest BCUT2D eigenvalue weighted by atomic mass is 32.2. The smallest absolute Gasteiger partial charge is 0.264 e. The van der Waals surface area contributed by atoms with Crippen LogP contribution in [-0.4, -0.2) is 48.1 Å². The lowest BCUT2D eigenvalue weighted by Gasteiger charge is -2.36. The van der Waals surface area contributed by atoms with E-state index in [2.05, 4.69) is 12.2 Å². The Kier molecular flexibility index (Phi) is 9.01. The number of methoxy groups -OCH3 is 1. The second-order valence-corrected chi connectivity index (χ2v) is 12.9. The lowest BCUT2D eigenvalue weighted by atomic mass is 9.87. The van der Waals surface area contributed by atoms with Gasteiger partial charge in [-0.2, -0.15) is 8.42 Å². The Morgan fingerprint density at radius 3 is 2.43 bits per heavy atom. The molecule has 3 rings (SSSR count). The molecule has 0 amide bonds. The summed E-state index contributed by atoms with van der Waals surface area (Å²) >= 11 is 0. The summed E-state index contributed by atoms with van der Waals surface area (Å²) in [5.74, 6) is 0.606. The molecule has 0 aliphatic carbocycles. The molecule has 1 heterocycles. The van der Waals surface area contributed by atoms with Gasteiger partial charge < -0.3 is 4.74 Å². The number of ether oxygens (including phenoxy) is 1. The van der Waals surface area contributed by atoms with E-state index in [-0.39, 0.29) is 18.4 Å². The molecular formula is C26H37NO6S2. The van der Waals surface area contributed by atoms with E-state index in [1.54, 1.807) is 13.2 Å². The number of benzene rings is 2. The van der Waals surface area contributed by atoms with Gasteiger partial charge in [-0.05, 0) is 54.5 Å². The van der Waals surface area contributed by atoms with Crippen molar-refractivity contribution in [2.24, 2.45) is 0 Å². The van der Waals surface area contributed by atoms with Crippen LogP contribution in [0.3, 0.4) is 0 Å². The number of rotatable bonds is 11. The molecule has 1 N–H and O–H groups in total. The number of hydrogen-bond donors (Lipinski definition) is 1. The van der Waals surface area contributed by atoms with Gasteiger partial charge in [-0.1, -0.05) is 57.0 Å². The summed E-state index contributed by atoms with van der Waals surface area (Å²) in [5, 5.41) is 3.76. The standard InChI is InChI=1S/C26H37NO6S2/c1-5-7-15-26(6-2)19-35(30,31)24-17-21(14-11-16-33-34(4,28)29)23(32-3)18-22(24)25(27-26)20-12-9-8-10-13-20/h8-10,12-13,17-18,25,27H,5-7,11,14-16,19H2,1-4H3/t25-,26-/m1/s1. The van der Waals surface area contributed by atoms with Crippen LogP contribution in [0.5, 0.6) is 5.75 Å². The first-order chi connectivity index (χ1) is 16.5. The number of aryl methyl sites for hydroxylation is 1. The van der Waals surface area contributed by atoms with Crippen LogP contribution in [0.1, 0.15) is 68.7 Å². The molecule has 0 saturated heterocycles. The van der Waals surface area contributed by atoms with Gasteiger partial charge in [0.05, 0.1) is 36.7 Å². The fourth-order valence-electron chi connectivity index (χ4n) is 4.79. The lowest BCUT2D eigenvalue weighted by Crippen LogP contribution is -2.50. The first kappa shape index (κ1) is 27.6. The van der Waals surface area contributed by atoms with Crippen LogP contribution in [-0.2, 0) is 30.6 Å². The monoisotopic (exact) mass is 523 g/mol. The average Bonchev–Trinajstić information content (AvgIpc) is 2.92. The molecule has 0 bridgehead atoms. The molecule has 0 saturated carbocycles. The van der Waals surface area contributed by atoms with Crippen LogP contribution >= 0.6 is 0 Å². The predicted octanol–water partition coefficient (Wildman–Crippen LogP) is 4.41. The summed E-state index contributed by atoms with van der Waals surface area (Å²) in [6.07, 6.45) is 5.23. The van der Waals surface area contributed by atoms with Crippen molar-refractivity contribution in [3.05, 3.63) is 59.2 Å². The first-order valence-corrected chi connectivity index (χ1v) is 15.6. The van der Waals surface area contributed by atoms with E-state index in [0.717, 1.165) is 36.6 Å². The van der Waals surface area contributed by atoms with Crippen LogP contribution in [0.2, 0.25) is 0 Å². The third-order valence-corrected chi connectivity index (χ3v) is 9.23. The third kappa shape index (κ3) is 6.84. The summed E-state index contributed by atoms with van der Waals surface area (Å²) in [4.78, 5) is 0.311. The van der Waals surface area contributed by atoms with Crippen molar-refractivity contribution in [2.75, 3.05) is 25.7 Å². The van der Waals surface area contributed by atoms with E-state index >= 15 is 0 Å². The molecule has 0 radical (unpaired) electrons. The molecule has 1 aliphatic rings. The Morgan fingerprint density at radius 1 is 1.11 bits per heavy atom. The maximum atomic E-state index is 13.8. The van der Waals surface area contributed by atoms with Crippen LogP contribution in [0, 0.1) is 0 Å². The summed E-state index contributed by atoms with van der Waals surface area (Å²) in [5.41, 5.74) is 1.84. The highest BCUT2D eigenvalue weighted by molar-refractivity contribution is 7.91. The quantitative estimate of drug-likeness (QED) is 0.344. The number of sulfone groups is 1. The molecule has 0 aromatic heterocycles. The van der Waals surface area contributed by atoms with Crippen LogP contribution in [0.15, 0.2) is 47.4 Å². The molecule has 0 fully saturated rings. The topological polar surface area (TPSA) is 98.8 Å². The Morgan fingerprint density at radius 2 is 1.83 bits per heavy atom. The van der Waals surface area contributed by atoms with E-state index in [9.17, 15) is 16.8 Å². The Labute approximate surface area is 210 Å². The largest absolute Gasteiger partial charge is 0.496 e. The van der Waals surface area contributed by atoms with Gasteiger partial charge in [-0.15, -0.1) is 0 Å². The Bertz CT molecular complexity index is 1210. The molecule has 2 aromatic rings. The number of unbranched alkanes of at least 4 members (excludes halogenated alkanes) is 1. The van der Waals surface area contributed by atoms with E-state index in [1.165, 1.54) is 0 Å². The maximum Gasteiger partial charge on any atom is 0.264 e. The zero-order valence-corrected chi connectivity index (χ0v) is 22.7. The molecule has 9 heteroatoms. The SMILES string of the molecule is CCCC[C@]1(CC)CS(=O)(=O)c2cc(CCCOS(C)(=O)=O)c(OC)cc2[C@@H](c2ccccc2)N1.